The minimum Gasteiger partial charge on any atom is -0.506 e. The number of hydrogen-bond donors (Lipinski definition) is 2. The Labute approximate surface area is 114 Å². The number of benzene rings is 2. The fourth-order valence-corrected chi connectivity index (χ4v) is 1.80. The van der Waals surface area contributed by atoms with Gasteiger partial charge in [0.15, 0.2) is 0 Å². The van der Waals surface area contributed by atoms with Crippen LogP contribution in [-0.4, -0.2) is 10.0 Å². The number of phenols is 1. The van der Waals surface area contributed by atoms with Crippen LogP contribution in [-0.2, 0) is 6.54 Å². The van der Waals surface area contributed by atoms with Crippen LogP contribution in [0.3, 0.4) is 0 Å². The van der Waals surface area contributed by atoms with Crippen molar-refractivity contribution in [2.45, 2.75) is 6.54 Å². The summed E-state index contributed by atoms with van der Waals surface area (Å²) in [5.41, 5.74) is 1.56. The van der Waals surface area contributed by atoms with E-state index in [-0.39, 0.29) is 16.5 Å². The highest BCUT2D eigenvalue weighted by Gasteiger charge is 2.05. The molecule has 5 nitrogen and oxygen atoms in total. The van der Waals surface area contributed by atoms with Crippen molar-refractivity contribution < 1.29 is 10.0 Å². The lowest BCUT2D eigenvalue weighted by Crippen LogP contribution is -1.99. The van der Waals surface area contributed by atoms with Crippen LogP contribution in [0.25, 0.3) is 0 Å². The van der Waals surface area contributed by atoms with E-state index >= 15 is 0 Å². The molecular formula is C13H11ClN2O3. The summed E-state index contributed by atoms with van der Waals surface area (Å²) in [7, 11) is 0. The van der Waals surface area contributed by atoms with Gasteiger partial charge in [-0.15, -0.1) is 0 Å². The Kier molecular flexibility index (Phi) is 3.87. The maximum Gasteiger partial charge on any atom is 0.271 e. The average molecular weight is 279 g/mol. The molecule has 0 atom stereocenters. The van der Waals surface area contributed by atoms with E-state index in [1.165, 1.54) is 18.2 Å². The number of hydrogen-bond acceptors (Lipinski definition) is 4. The minimum absolute atomic E-state index is 0.0285. The third-order valence-corrected chi connectivity index (χ3v) is 2.87. The zero-order valence-electron chi connectivity index (χ0n) is 9.84. The van der Waals surface area contributed by atoms with Crippen LogP contribution in [0.4, 0.5) is 11.4 Å². The van der Waals surface area contributed by atoms with Crippen molar-refractivity contribution in [3.8, 4) is 5.75 Å². The first-order valence-electron chi connectivity index (χ1n) is 5.52. The lowest BCUT2D eigenvalue weighted by molar-refractivity contribution is -0.384. The number of nitrogens with zero attached hydrogens (tertiary/aromatic N) is 1. The Balaban J connectivity index is 2.07. The third kappa shape index (κ3) is 3.35. The molecule has 2 aromatic carbocycles. The Hall–Kier alpha value is -2.27. The Morgan fingerprint density at radius 2 is 2.05 bits per heavy atom. The van der Waals surface area contributed by atoms with E-state index in [1.54, 1.807) is 24.3 Å². The number of non-ortho nitro benzene ring substituents is 1. The van der Waals surface area contributed by atoms with Crippen molar-refractivity contribution in [2.24, 2.45) is 0 Å². The number of nitro benzene ring substituents is 1. The molecule has 0 bridgehead atoms. The summed E-state index contributed by atoms with van der Waals surface area (Å²) >= 11 is 5.80. The van der Waals surface area contributed by atoms with Gasteiger partial charge in [0.1, 0.15) is 5.75 Å². The van der Waals surface area contributed by atoms with E-state index < -0.39 is 4.92 Å². The first kappa shape index (κ1) is 13.2. The average Bonchev–Trinajstić information content (AvgIpc) is 2.40. The highest BCUT2D eigenvalue weighted by Crippen LogP contribution is 2.24. The Bertz CT molecular complexity index is 617. The molecule has 0 aliphatic rings. The fourth-order valence-electron chi connectivity index (χ4n) is 1.59. The molecule has 0 aliphatic heterocycles. The summed E-state index contributed by atoms with van der Waals surface area (Å²) < 4.78 is 0. The van der Waals surface area contributed by atoms with Gasteiger partial charge < -0.3 is 10.4 Å². The van der Waals surface area contributed by atoms with Crippen LogP contribution in [0.1, 0.15) is 5.56 Å². The van der Waals surface area contributed by atoms with Gasteiger partial charge in [-0.25, -0.2) is 0 Å². The van der Waals surface area contributed by atoms with Gasteiger partial charge in [-0.1, -0.05) is 23.7 Å². The van der Waals surface area contributed by atoms with Crippen molar-refractivity contribution in [3.05, 3.63) is 63.2 Å². The summed E-state index contributed by atoms with van der Waals surface area (Å²) in [6.45, 7) is 0.459. The van der Waals surface area contributed by atoms with E-state index in [0.717, 1.165) is 5.56 Å². The second-order valence-corrected chi connectivity index (χ2v) is 4.35. The minimum atomic E-state index is -0.442. The molecule has 2 rings (SSSR count). The largest absolute Gasteiger partial charge is 0.506 e. The normalized spacial score (nSPS) is 10.2. The van der Waals surface area contributed by atoms with Crippen LogP contribution in [0, 0.1) is 10.1 Å². The molecule has 0 aliphatic carbocycles. The molecule has 0 amide bonds. The molecule has 0 heterocycles. The fraction of sp³-hybridized carbons (Fsp3) is 0.0769. The number of phenolic OH excluding ortho intramolecular Hbond substituents is 1. The quantitative estimate of drug-likeness (QED) is 0.662. The summed E-state index contributed by atoms with van der Waals surface area (Å²) in [4.78, 5) is 10.2. The number of anilines is 1. The van der Waals surface area contributed by atoms with E-state index in [4.69, 9.17) is 11.6 Å². The summed E-state index contributed by atoms with van der Waals surface area (Å²) in [6.07, 6.45) is 0. The zero-order chi connectivity index (χ0) is 13.8. The van der Waals surface area contributed by atoms with Crippen molar-refractivity contribution in [1.82, 2.24) is 0 Å². The molecule has 0 fully saturated rings. The first-order valence-corrected chi connectivity index (χ1v) is 5.90. The van der Waals surface area contributed by atoms with E-state index in [1.807, 2.05) is 0 Å². The first-order chi connectivity index (χ1) is 9.06. The molecule has 2 N–H and O–H groups in total. The van der Waals surface area contributed by atoms with Crippen LogP contribution in [0.5, 0.6) is 5.75 Å². The number of halogens is 1. The number of aromatic hydroxyl groups is 1. The lowest BCUT2D eigenvalue weighted by atomic mass is 10.2. The van der Waals surface area contributed by atoms with Gasteiger partial charge in [0.05, 0.1) is 9.95 Å². The topological polar surface area (TPSA) is 75.4 Å². The third-order valence-electron chi connectivity index (χ3n) is 2.57. The summed E-state index contributed by atoms with van der Waals surface area (Å²) in [5, 5.41) is 23.3. The van der Waals surface area contributed by atoms with Crippen LogP contribution < -0.4 is 5.32 Å². The highest BCUT2D eigenvalue weighted by molar-refractivity contribution is 6.32. The second-order valence-electron chi connectivity index (χ2n) is 3.95. The van der Waals surface area contributed by atoms with Crippen molar-refractivity contribution in [2.75, 3.05) is 5.32 Å². The predicted molar refractivity (Wildman–Crippen MR) is 73.5 cm³/mol. The predicted octanol–water partition coefficient (Wildman–Crippen LogP) is 3.57. The van der Waals surface area contributed by atoms with Gasteiger partial charge >= 0.3 is 0 Å². The van der Waals surface area contributed by atoms with Crippen molar-refractivity contribution in [3.63, 3.8) is 0 Å². The van der Waals surface area contributed by atoms with Gasteiger partial charge in [0, 0.05) is 24.4 Å². The van der Waals surface area contributed by atoms with Crippen molar-refractivity contribution in [1.29, 1.82) is 0 Å². The molecule has 19 heavy (non-hydrogen) atoms. The van der Waals surface area contributed by atoms with Gasteiger partial charge in [-0.3, -0.25) is 10.1 Å². The van der Waals surface area contributed by atoms with E-state index in [2.05, 4.69) is 5.32 Å². The van der Waals surface area contributed by atoms with E-state index in [9.17, 15) is 15.2 Å². The number of nitro groups is 1. The Morgan fingerprint density at radius 3 is 2.74 bits per heavy atom. The number of rotatable bonds is 4. The monoisotopic (exact) mass is 278 g/mol. The molecule has 98 valence electrons. The highest BCUT2D eigenvalue weighted by atomic mass is 35.5. The smallest absolute Gasteiger partial charge is 0.271 e. The maximum absolute atomic E-state index is 10.6. The summed E-state index contributed by atoms with van der Waals surface area (Å²) in [6, 6.07) is 11.1. The van der Waals surface area contributed by atoms with Crippen LogP contribution in [0.15, 0.2) is 42.5 Å². The van der Waals surface area contributed by atoms with Crippen molar-refractivity contribution >= 4 is 23.0 Å². The molecule has 0 radical (unpaired) electrons. The molecule has 6 heteroatoms. The SMILES string of the molecule is O=[N+]([O-])c1cccc(NCc2ccc(O)c(Cl)c2)c1. The van der Waals surface area contributed by atoms with E-state index in [0.29, 0.717) is 12.2 Å². The zero-order valence-corrected chi connectivity index (χ0v) is 10.6. The maximum atomic E-state index is 10.6. The van der Waals surface area contributed by atoms with Crippen LogP contribution in [0.2, 0.25) is 5.02 Å². The van der Waals surface area contributed by atoms with Gasteiger partial charge in [-0.2, -0.15) is 0 Å². The molecule has 0 unspecified atom stereocenters. The summed E-state index contributed by atoms with van der Waals surface area (Å²) in [5.74, 6) is 0.0285. The standard InChI is InChI=1S/C13H11ClN2O3/c14-12-6-9(4-5-13(12)17)8-15-10-2-1-3-11(7-10)16(18)19/h1-7,15,17H,8H2. The molecule has 0 saturated heterocycles. The van der Waals surface area contributed by atoms with Gasteiger partial charge in [-0.05, 0) is 23.8 Å². The van der Waals surface area contributed by atoms with Crippen LogP contribution >= 0.6 is 11.6 Å². The second kappa shape index (κ2) is 5.58. The molecule has 2 aromatic rings. The Morgan fingerprint density at radius 1 is 1.26 bits per heavy atom. The van der Waals surface area contributed by atoms with Gasteiger partial charge in [0.2, 0.25) is 0 Å². The number of nitrogens with one attached hydrogen (secondary N) is 1. The van der Waals surface area contributed by atoms with Gasteiger partial charge in [0.25, 0.3) is 5.69 Å². The molecule has 0 spiro atoms. The molecular weight excluding hydrogens is 268 g/mol. The lowest BCUT2D eigenvalue weighted by Gasteiger charge is -2.07. The molecule has 0 aromatic heterocycles. The molecule has 0 saturated carbocycles.